The Morgan fingerprint density at radius 2 is 1.79 bits per heavy atom. The molecule has 3 heterocycles. The number of nitrogens with zero attached hydrogens (tertiary/aromatic N) is 3. The number of anilines is 1. The van der Waals surface area contributed by atoms with Crippen LogP contribution >= 0.6 is 0 Å². The molecule has 0 aromatic carbocycles. The standard InChI is InChI=1S/C17H18F3N3O/c18-17(19,20)16-2-1-14(11-22-16)23-9-5-13(6-10-23)12-24-15-3-7-21-8-4-15/h1-4,7-8,11,13H,5-6,9-10,12H2. The van der Waals surface area contributed by atoms with E-state index in [1.54, 1.807) is 12.4 Å². The van der Waals surface area contributed by atoms with Crippen molar-refractivity contribution in [3.05, 3.63) is 48.5 Å². The fourth-order valence-corrected chi connectivity index (χ4v) is 2.75. The number of aromatic nitrogens is 2. The maximum absolute atomic E-state index is 12.5. The predicted octanol–water partition coefficient (Wildman–Crippen LogP) is 3.79. The maximum atomic E-state index is 12.5. The van der Waals surface area contributed by atoms with E-state index >= 15 is 0 Å². The van der Waals surface area contributed by atoms with E-state index in [1.807, 2.05) is 12.1 Å². The number of halogens is 3. The lowest BCUT2D eigenvalue weighted by atomic mass is 9.97. The molecule has 2 aromatic rings. The highest BCUT2D eigenvalue weighted by Crippen LogP contribution is 2.29. The number of rotatable bonds is 4. The Labute approximate surface area is 138 Å². The molecule has 0 bridgehead atoms. The van der Waals surface area contributed by atoms with E-state index in [0.717, 1.165) is 43.4 Å². The zero-order chi connectivity index (χ0) is 17.0. The second kappa shape index (κ2) is 7.07. The Balaban J connectivity index is 1.50. The van der Waals surface area contributed by atoms with E-state index < -0.39 is 11.9 Å². The Morgan fingerprint density at radius 1 is 1.08 bits per heavy atom. The summed E-state index contributed by atoms with van der Waals surface area (Å²) in [6, 6.07) is 6.17. The highest BCUT2D eigenvalue weighted by atomic mass is 19.4. The normalized spacial score (nSPS) is 16.2. The Bertz CT molecular complexity index is 638. The Kier molecular flexibility index (Phi) is 4.87. The number of pyridine rings is 2. The topological polar surface area (TPSA) is 38.2 Å². The molecule has 0 aliphatic carbocycles. The number of ether oxygens (including phenoxy) is 1. The fraction of sp³-hybridized carbons (Fsp3) is 0.412. The van der Waals surface area contributed by atoms with Crippen molar-refractivity contribution < 1.29 is 17.9 Å². The molecule has 0 spiro atoms. The molecule has 24 heavy (non-hydrogen) atoms. The van der Waals surface area contributed by atoms with Crippen LogP contribution in [0.15, 0.2) is 42.9 Å². The first kappa shape index (κ1) is 16.5. The van der Waals surface area contributed by atoms with E-state index in [9.17, 15) is 13.2 Å². The number of hydrogen-bond donors (Lipinski definition) is 0. The van der Waals surface area contributed by atoms with Crippen molar-refractivity contribution in [2.75, 3.05) is 24.6 Å². The minimum atomic E-state index is -4.39. The van der Waals surface area contributed by atoms with E-state index in [1.165, 1.54) is 12.3 Å². The van der Waals surface area contributed by atoms with E-state index in [-0.39, 0.29) is 0 Å². The summed E-state index contributed by atoms with van der Waals surface area (Å²) in [7, 11) is 0. The third-order valence-electron chi connectivity index (χ3n) is 4.15. The molecule has 7 heteroatoms. The van der Waals surface area contributed by atoms with Gasteiger partial charge in [0.25, 0.3) is 0 Å². The Morgan fingerprint density at radius 3 is 2.38 bits per heavy atom. The van der Waals surface area contributed by atoms with Crippen LogP contribution in [0.1, 0.15) is 18.5 Å². The average molecular weight is 337 g/mol. The van der Waals surface area contributed by atoms with Crippen LogP contribution in [-0.4, -0.2) is 29.7 Å². The maximum Gasteiger partial charge on any atom is 0.433 e. The van der Waals surface area contributed by atoms with E-state index in [0.29, 0.717) is 12.5 Å². The molecule has 0 radical (unpaired) electrons. The van der Waals surface area contributed by atoms with Gasteiger partial charge in [0.05, 0.1) is 18.5 Å². The molecule has 4 nitrogen and oxygen atoms in total. The van der Waals surface area contributed by atoms with Gasteiger partial charge in [-0.25, -0.2) is 4.98 Å². The van der Waals surface area contributed by atoms with Gasteiger partial charge >= 0.3 is 6.18 Å². The van der Waals surface area contributed by atoms with Gasteiger partial charge < -0.3 is 9.64 Å². The van der Waals surface area contributed by atoms with Gasteiger partial charge in [-0.05, 0) is 43.0 Å². The predicted molar refractivity (Wildman–Crippen MR) is 83.9 cm³/mol. The SMILES string of the molecule is FC(F)(F)c1ccc(N2CCC(COc3ccncc3)CC2)cn1. The second-order valence-electron chi connectivity index (χ2n) is 5.82. The van der Waals surface area contributed by atoms with Crippen molar-refractivity contribution in [3.63, 3.8) is 0 Å². The molecule has 1 fully saturated rings. The Hall–Kier alpha value is -2.31. The van der Waals surface area contributed by atoms with E-state index in [4.69, 9.17) is 4.74 Å². The van der Waals surface area contributed by atoms with Gasteiger partial charge in [0, 0.05) is 25.5 Å². The second-order valence-corrected chi connectivity index (χ2v) is 5.82. The molecule has 1 aliphatic rings. The van der Waals surface area contributed by atoms with Gasteiger partial charge in [0.2, 0.25) is 0 Å². The molecule has 3 rings (SSSR count). The lowest BCUT2D eigenvalue weighted by molar-refractivity contribution is -0.141. The summed E-state index contributed by atoms with van der Waals surface area (Å²) in [5.41, 5.74) is -0.122. The van der Waals surface area contributed by atoms with Crippen molar-refractivity contribution in [2.24, 2.45) is 5.92 Å². The zero-order valence-corrected chi connectivity index (χ0v) is 13.0. The van der Waals surface area contributed by atoms with Gasteiger partial charge in [0.1, 0.15) is 11.4 Å². The van der Waals surface area contributed by atoms with Gasteiger partial charge in [-0.2, -0.15) is 13.2 Å². The van der Waals surface area contributed by atoms with Gasteiger partial charge in [0.15, 0.2) is 0 Å². The summed E-state index contributed by atoms with van der Waals surface area (Å²) in [4.78, 5) is 9.53. The van der Waals surface area contributed by atoms with Crippen LogP contribution in [0, 0.1) is 5.92 Å². The van der Waals surface area contributed by atoms with Crippen molar-refractivity contribution in [1.29, 1.82) is 0 Å². The summed E-state index contributed by atoms with van der Waals surface area (Å²) >= 11 is 0. The minimum Gasteiger partial charge on any atom is -0.493 e. The quantitative estimate of drug-likeness (QED) is 0.851. The summed E-state index contributed by atoms with van der Waals surface area (Å²) in [6.07, 6.45) is 2.16. The molecular formula is C17H18F3N3O. The average Bonchev–Trinajstić information content (AvgIpc) is 2.61. The highest BCUT2D eigenvalue weighted by molar-refractivity contribution is 5.45. The van der Waals surface area contributed by atoms with Gasteiger partial charge in [-0.3, -0.25) is 4.98 Å². The van der Waals surface area contributed by atoms with Crippen molar-refractivity contribution >= 4 is 5.69 Å². The molecule has 128 valence electrons. The smallest absolute Gasteiger partial charge is 0.433 e. The fourth-order valence-electron chi connectivity index (χ4n) is 2.75. The van der Waals surface area contributed by atoms with Crippen LogP contribution in [0.3, 0.4) is 0 Å². The highest BCUT2D eigenvalue weighted by Gasteiger charge is 2.32. The molecule has 0 atom stereocenters. The lowest BCUT2D eigenvalue weighted by Crippen LogP contribution is -2.35. The van der Waals surface area contributed by atoms with Crippen molar-refractivity contribution in [3.8, 4) is 5.75 Å². The van der Waals surface area contributed by atoms with Crippen LogP contribution in [0.5, 0.6) is 5.75 Å². The first-order chi connectivity index (χ1) is 11.5. The molecule has 0 amide bonds. The third kappa shape index (κ3) is 4.15. The van der Waals surface area contributed by atoms with Crippen LogP contribution in [0.4, 0.5) is 18.9 Å². The first-order valence-corrected chi connectivity index (χ1v) is 7.83. The molecular weight excluding hydrogens is 319 g/mol. The lowest BCUT2D eigenvalue weighted by Gasteiger charge is -2.33. The largest absolute Gasteiger partial charge is 0.493 e. The third-order valence-corrected chi connectivity index (χ3v) is 4.15. The van der Waals surface area contributed by atoms with Crippen LogP contribution in [0.25, 0.3) is 0 Å². The minimum absolute atomic E-state index is 0.442. The van der Waals surface area contributed by atoms with Gasteiger partial charge in [-0.1, -0.05) is 0 Å². The monoisotopic (exact) mass is 337 g/mol. The molecule has 2 aromatic heterocycles. The molecule has 0 saturated carbocycles. The number of alkyl halides is 3. The summed E-state index contributed by atoms with van der Waals surface area (Å²) in [5, 5.41) is 0. The van der Waals surface area contributed by atoms with Gasteiger partial charge in [-0.15, -0.1) is 0 Å². The summed E-state index contributed by atoms with van der Waals surface area (Å²) < 4.78 is 43.4. The molecule has 0 N–H and O–H groups in total. The van der Waals surface area contributed by atoms with Crippen LogP contribution < -0.4 is 9.64 Å². The molecule has 1 saturated heterocycles. The zero-order valence-electron chi connectivity index (χ0n) is 13.0. The summed E-state index contributed by atoms with van der Waals surface area (Å²) in [6.45, 7) is 2.22. The van der Waals surface area contributed by atoms with Crippen LogP contribution in [-0.2, 0) is 6.18 Å². The van der Waals surface area contributed by atoms with Crippen molar-refractivity contribution in [2.45, 2.75) is 19.0 Å². The van der Waals surface area contributed by atoms with E-state index in [2.05, 4.69) is 14.9 Å². The molecule has 1 aliphatic heterocycles. The molecule has 0 unspecified atom stereocenters. The van der Waals surface area contributed by atoms with Crippen molar-refractivity contribution in [1.82, 2.24) is 9.97 Å². The van der Waals surface area contributed by atoms with Crippen LogP contribution in [0.2, 0.25) is 0 Å². The summed E-state index contributed by atoms with van der Waals surface area (Å²) in [5.74, 6) is 1.25. The first-order valence-electron chi connectivity index (χ1n) is 7.83. The number of piperidine rings is 1. The number of hydrogen-bond acceptors (Lipinski definition) is 4.